The average Bonchev–Trinajstić information content (AvgIpc) is 3.07. The highest BCUT2D eigenvalue weighted by Gasteiger charge is 2.14. The summed E-state index contributed by atoms with van der Waals surface area (Å²) in [5, 5.41) is 14.7. The second-order valence-electron chi connectivity index (χ2n) is 6.29. The number of hydrogen-bond acceptors (Lipinski definition) is 7. The molecule has 0 radical (unpaired) electrons. The summed E-state index contributed by atoms with van der Waals surface area (Å²) in [6.07, 6.45) is 1.44. The number of carbonyl (C=O) groups is 2. The Labute approximate surface area is 171 Å². The monoisotopic (exact) mass is 407 g/mol. The second-order valence-corrected chi connectivity index (χ2v) is 6.29. The van der Waals surface area contributed by atoms with Crippen LogP contribution in [0.4, 0.5) is 5.69 Å². The third-order valence-electron chi connectivity index (χ3n) is 4.05. The van der Waals surface area contributed by atoms with Crippen LogP contribution in [-0.4, -0.2) is 23.0 Å². The van der Waals surface area contributed by atoms with E-state index in [9.17, 15) is 19.7 Å². The molecule has 0 atom stereocenters. The molecule has 0 saturated carbocycles. The van der Waals surface area contributed by atoms with Crippen LogP contribution in [0.3, 0.4) is 0 Å². The van der Waals surface area contributed by atoms with E-state index in [0.717, 1.165) is 6.07 Å². The molecule has 152 valence electrons. The molecule has 1 aromatic heterocycles. The maximum Gasteiger partial charge on any atom is 0.343 e. The van der Waals surface area contributed by atoms with Gasteiger partial charge in [-0.3, -0.25) is 14.9 Å². The number of esters is 1. The molecule has 0 aliphatic heterocycles. The van der Waals surface area contributed by atoms with Crippen molar-refractivity contribution in [3.63, 3.8) is 0 Å². The number of nitrogens with one attached hydrogen (secondary N) is 1. The first-order chi connectivity index (χ1) is 14.3. The van der Waals surface area contributed by atoms with Crippen molar-refractivity contribution in [2.24, 2.45) is 5.10 Å². The molecule has 0 aliphatic carbocycles. The van der Waals surface area contributed by atoms with Crippen LogP contribution >= 0.6 is 0 Å². The van der Waals surface area contributed by atoms with Crippen molar-refractivity contribution in [3.05, 3.63) is 92.9 Å². The molecular weight excluding hydrogens is 390 g/mol. The van der Waals surface area contributed by atoms with Gasteiger partial charge in [0, 0.05) is 12.1 Å². The van der Waals surface area contributed by atoms with Crippen molar-refractivity contribution in [1.82, 2.24) is 5.43 Å². The summed E-state index contributed by atoms with van der Waals surface area (Å²) < 4.78 is 10.5. The normalized spacial score (nSPS) is 10.7. The first-order valence-electron chi connectivity index (χ1n) is 8.80. The number of amides is 1. The summed E-state index contributed by atoms with van der Waals surface area (Å²) in [5.74, 6) is 0.311. The maximum absolute atomic E-state index is 12.2. The highest BCUT2D eigenvalue weighted by Crippen LogP contribution is 2.17. The molecule has 0 bridgehead atoms. The van der Waals surface area contributed by atoms with Crippen molar-refractivity contribution in [1.29, 1.82) is 0 Å². The number of benzene rings is 2. The predicted molar refractivity (Wildman–Crippen MR) is 108 cm³/mol. The zero-order valence-corrected chi connectivity index (χ0v) is 16.1. The SMILES string of the molecule is Cc1cc(C(=O)N/N=C/c2ccc(OC(=O)c3cccc([N+](=O)[O-])c3)cc2)c(C)o1. The van der Waals surface area contributed by atoms with Crippen molar-refractivity contribution < 1.29 is 23.7 Å². The van der Waals surface area contributed by atoms with Crippen LogP contribution in [0.1, 0.15) is 37.8 Å². The third kappa shape index (κ3) is 4.96. The Kier molecular flexibility index (Phi) is 6.02. The van der Waals surface area contributed by atoms with Gasteiger partial charge in [-0.2, -0.15) is 5.10 Å². The molecule has 1 amide bonds. The van der Waals surface area contributed by atoms with Crippen molar-refractivity contribution in [2.75, 3.05) is 0 Å². The summed E-state index contributed by atoms with van der Waals surface area (Å²) in [5.41, 5.74) is 3.36. The fraction of sp³-hybridized carbons (Fsp3) is 0.0952. The van der Waals surface area contributed by atoms with Gasteiger partial charge in [-0.05, 0) is 55.8 Å². The van der Waals surface area contributed by atoms with E-state index in [2.05, 4.69) is 10.5 Å². The van der Waals surface area contributed by atoms with Gasteiger partial charge in [-0.1, -0.05) is 6.07 Å². The Balaban J connectivity index is 1.59. The summed E-state index contributed by atoms with van der Waals surface area (Å²) in [7, 11) is 0. The van der Waals surface area contributed by atoms with Crippen molar-refractivity contribution >= 4 is 23.8 Å². The number of hydrazone groups is 1. The lowest BCUT2D eigenvalue weighted by molar-refractivity contribution is -0.384. The Morgan fingerprint density at radius 1 is 1.13 bits per heavy atom. The Bertz CT molecular complexity index is 1130. The van der Waals surface area contributed by atoms with Gasteiger partial charge in [-0.15, -0.1) is 0 Å². The molecular formula is C21H17N3O6. The van der Waals surface area contributed by atoms with Crippen LogP contribution in [0.25, 0.3) is 0 Å². The van der Waals surface area contributed by atoms with E-state index in [0.29, 0.717) is 22.6 Å². The van der Waals surface area contributed by atoms with Crippen molar-refractivity contribution in [2.45, 2.75) is 13.8 Å². The Morgan fingerprint density at radius 3 is 2.50 bits per heavy atom. The molecule has 9 heteroatoms. The summed E-state index contributed by atoms with van der Waals surface area (Å²) >= 11 is 0. The van der Waals surface area contributed by atoms with Gasteiger partial charge in [0.2, 0.25) is 0 Å². The lowest BCUT2D eigenvalue weighted by Crippen LogP contribution is -2.17. The van der Waals surface area contributed by atoms with Crippen LogP contribution in [0, 0.1) is 24.0 Å². The lowest BCUT2D eigenvalue weighted by Gasteiger charge is -2.04. The number of rotatable bonds is 6. The highest BCUT2D eigenvalue weighted by atomic mass is 16.6. The summed E-state index contributed by atoms with van der Waals surface area (Å²) in [6.45, 7) is 3.44. The van der Waals surface area contributed by atoms with E-state index in [1.54, 1.807) is 44.2 Å². The molecule has 0 saturated heterocycles. The van der Waals surface area contributed by atoms with Crippen LogP contribution in [0.5, 0.6) is 5.75 Å². The molecule has 9 nitrogen and oxygen atoms in total. The largest absolute Gasteiger partial charge is 0.466 e. The third-order valence-corrected chi connectivity index (χ3v) is 4.05. The average molecular weight is 407 g/mol. The molecule has 1 heterocycles. The van der Waals surface area contributed by atoms with Gasteiger partial charge in [-0.25, -0.2) is 10.2 Å². The lowest BCUT2D eigenvalue weighted by atomic mass is 10.2. The number of carbonyl (C=O) groups excluding carboxylic acids is 2. The molecule has 0 spiro atoms. The Morgan fingerprint density at radius 2 is 1.87 bits per heavy atom. The highest BCUT2D eigenvalue weighted by molar-refractivity contribution is 5.96. The van der Waals surface area contributed by atoms with Gasteiger partial charge in [0.15, 0.2) is 0 Å². The van der Waals surface area contributed by atoms with E-state index >= 15 is 0 Å². The van der Waals surface area contributed by atoms with E-state index in [1.807, 2.05) is 0 Å². The van der Waals surface area contributed by atoms with Crippen LogP contribution < -0.4 is 10.2 Å². The molecule has 1 N–H and O–H groups in total. The maximum atomic E-state index is 12.2. The first kappa shape index (κ1) is 20.5. The standard InChI is InChI=1S/C21H17N3O6/c1-13-10-19(14(2)29-13)20(25)23-22-12-15-6-8-18(9-7-15)30-21(26)16-4-3-5-17(11-16)24(27)28/h3-12H,1-2H3,(H,23,25)/b22-12+. The molecule has 3 aromatic rings. The van der Waals surface area contributed by atoms with E-state index < -0.39 is 10.9 Å². The van der Waals surface area contributed by atoms with Gasteiger partial charge < -0.3 is 9.15 Å². The molecule has 2 aromatic carbocycles. The fourth-order valence-corrected chi connectivity index (χ4v) is 2.62. The van der Waals surface area contributed by atoms with Gasteiger partial charge in [0.1, 0.15) is 17.3 Å². The zero-order chi connectivity index (χ0) is 21.7. The quantitative estimate of drug-likeness (QED) is 0.218. The van der Waals surface area contributed by atoms with E-state index in [4.69, 9.17) is 9.15 Å². The van der Waals surface area contributed by atoms with Gasteiger partial charge >= 0.3 is 5.97 Å². The molecule has 3 rings (SSSR count). The fourth-order valence-electron chi connectivity index (χ4n) is 2.62. The van der Waals surface area contributed by atoms with Gasteiger partial charge in [0.25, 0.3) is 11.6 Å². The first-order valence-corrected chi connectivity index (χ1v) is 8.80. The molecule has 0 aliphatic rings. The van der Waals surface area contributed by atoms with Crippen LogP contribution in [0.15, 0.2) is 64.1 Å². The number of aryl methyl sites for hydroxylation is 2. The van der Waals surface area contributed by atoms with Gasteiger partial charge in [0.05, 0.1) is 22.3 Å². The van der Waals surface area contributed by atoms with E-state index in [-0.39, 0.29) is 22.9 Å². The van der Waals surface area contributed by atoms with Crippen LogP contribution in [-0.2, 0) is 0 Å². The second kappa shape index (κ2) is 8.82. The number of nitro groups is 1. The van der Waals surface area contributed by atoms with E-state index in [1.165, 1.54) is 24.4 Å². The van der Waals surface area contributed by atoms with Crippen LogP contribution in [0.2, 0.25) is 0 Å². The smallest absolute Gasteiger partial charge is 0.343 e. The molecule has 30 heavy (non-hydrogen) atoms. The number of furan rings is 1. The number of nitrogens with zero attached hydrogens (tertiary/aromatic N) is 2. The minimum absolute atomic E-state index is 0.0716. The Hall–Kier alpha value is -4.27. The number of ether oxygens (including phenoxy) is 1. The van der Waals surface area contributed by atoms with Crippen molar-refractivity contribution in [3.8, 4) is 5.75 Å². The summed E-state index contributed by atoms with van der Waals surface area (Å²) in [4.78, 5) is 34.4. The zero-order valence-electron chi connectivity index (χ0n) is 16.1. The summed E-state index contributed by atoms with van der Waals surface area (Å²) in [6, 6.07) is 13.3. The number of non-ortho nitro benzene ring substituents is 1. The minimum Gasteiger partial charge on any atom is -0.466 e. The minimum atomic E-state index is -0.710. The molecule has 0 fully saturated rings. The topological polar surface area (TPSA) is 124 Å². The number of nitro benzene ring substituents is 1. The number of hydrogen-bond donors (Lipinski definition) is 1. The predicted octanol–water partition coefficient (Wildman–Crippen LogP) is 3.79. The molecule has 0 unspecified atom stereocenters.